The van der Waals surface area contributed by atoms with Gasteiger partial charge in [0, 0.05) is 24.0 Å². The van der Waals surface area contributed by atoms with Gasteiger partial charge in [-0.05, 0) is 61.4 Å². The van der Waals surface area contributed by atoms with E-state index in [4.69, 9.17) is 4.98 Å². The average molecular weight is 469 g/mol. The first kappa shape index (κ1) is 23.0. The van der Waals surface area contributed by atoms with Crippen molar-refractivity contribution >= 4 is 26.3 Å². The smallest absolute Gasteiger partial charge is 0.185 e. The van der Waals surface area contributed by atoms with Gasteiger partial charge in [-0.2, -0.15) is 0 Å². The van der Waals surface area contributed by atoms with Crippen molar-refractivity contribution < 1.29 is 8.42 Å². The molecule has 1 fully saturated rings. The fourth-order valence-electron chi connectivity index (χ4n) is 4.24. The summed E-state index contributed by atoms with van der Waals surface area (Å²) >= 11 is 1.64. The molecule has 4 rings (SSSR count). The summed E-state index contributed by atoms with van der Waals surface area (Å²) in [6.45, 7) is 12.0. The van der Waals surface area contributed by atoms with Crippen LogP contribution < -0.4 is 4.90 Å². The molecule has 0 amide bonds. The zero-order valence-electron chi connectivity index (χ0n) is 19.6. The molecule has 0 spiro atoms. The third-order valence-electron chi connectivity index (χ3n) is 6.36. The maximum atomic E-state index is 13.2. The van der Waals surface area contributed by atoms with Crippen LogP contribution in [0.25, 0.3) is 11.3 Å². The van der Waals surface area contributed by atoms with Crippen LogP contribution in [0.5, 0.6) is 0 Å². The number of benzene rings is 2. The Morgan fingerprint density at radius 2 is 1.66 bits per heavy atom. The van der Waals surface area contributed by atoms with Crippen LogP contribution in [0.15, 0.2) is 52.7 Å². The molecular weight excluding hydrogens is 436 g/mol. The molecule has 2 heterocycles. The number of nitrogens with zero attached hydrogens (tertiary/aromatic N) is 2. The van der Waals surface area contributed by atoms with E-state index in [1.165, 1.54) is 16.7 Å². The van der Waals surface area contributed by atoms with Crippen LogP contribution in [0.3, 0.4) is 0 Å². The highest BCUT2D eigenvalue weighted by Gasteiger charge is 2.32. The monoisotopic (exact) mass is 468 g/mol. The van der Waals surface area contributed by atoms with E-state index in [1.54, 1.807) is 23.5 Å². The number of aryl methyl sites for hydroxylation is 2. The standard InChI is InChI=1S/C26H32N2O2S2/c1-18-6-7-19(2)23(16-18)24-17-31-25(27-24)28-14-12-22(13-15-28)32(29,30)21-10-8-20(9-11-21)26(3,4)5/h6-11,16-17,22H,12-15H2,1-5H3. The molecule has 32 heavy (non-hydrogen) atoms. The topological polar surface area (TPSA) is 50.3 Å². The maximum absolute atomic E-state index is 13.2. The molecule has 0 atom stereocenters. The van der Waals surface area contributed by atoms with E-state index in [9.17, 15) is 8.42 Å². The summed E-state index contributed by atoms with van der Waals surface area (Å²) in [5.74, 6) is 0. The first-order chi connectivity index (χ1) is 15.1. The van der Waals surface area contributed by atoms with Crippen molar-refractivity contribution in [3.63, 3.8) is 0 Å². The van der Waals surface area contributed by atoms with Gasteiger partial charge in [0.05, 0.1) is 15.8 Å². The second-order valence-corrected chi connectivity index (χ2v) is 12.9. The van der Waals surface area contributed by atoms with Gasteiger partial charge in [0.2, 0.25) is 0 Å². The Morgan fingerprint density at radius 3 is 2.28 bits per heavy atom. The lowest BCUT2D eigenvalue weighted by Crippen LogP contribution is -2.39. The quantitative estimate of drug-likeness (QED) is 0.460. The Kier molecular flexibility index (Phi) is 6.21. The normalized spacial score (nSPS) is 15.8. The molecule has 0 unspecified atom stereocenters. The molecule has 2 aromatic carbocycles. The summed E-state index contributed by atoms with van der Waals surface area (Å²) in [5, 5.41) is 2.75. The predicted molar refractivity (Wildman–Crippen MR) is 135 cm³/mol. The van der Waals surface area contributed by atoms with Gasteiger partial charge in [-0.15, -0.1) is 11.3 Å². The Labute approximate surface area is 196 Å². The molecular formula is C26H32N2O2S2. The number of anilines is 1. The lowest BCUT2D eigenvalue weighted by atomic mass is 9.87. The Balaban J connectivity index is 1.45. The van der Waals surface area contributed by atoms with E-state index >= 15 is 0 Å². The van der Waals surface area contributed by atoms with Crippen molar-refractivity contribution in [1.82, 2.24) is 4.98 Å². The van der Waals surface area contributed by atoms with Crippen LogP contribution in [-0.2, 0) is 15.3 Å². The summed E-state index contributed by atoms with van der Waals surface area (Å²) in [6.07, 6.45) is 1.25. The second kappa shape index (κ2) is 8.64. The second-order valence-electron chi connectivity index (χ2n) is 9.84. The fraction of sp³-hybridized carbons (Fsp3) is 0.423. The predicted octanol–water partition coefficient (Wildman–Crippen LogP) is 6.17. The largest absolute Gasteiger partial charge is 0.348 e. The minimum absolute atomic E-state index is 0.0111. The Hall–Kier alpha value is -2.18. The van der Waals surface area contributed by atoms with E-state index in [2.05, 4.69) is 63.1 Å². The van der Waals surface area contributed by atoms with Crippen molar-refractivity contribution in [3.05, 3.63) is 64.5 Å². The first-order valence-electron chi connectivity index (χ1n) is 11.2. The van der Waals surface area contributed by atoms with Crippen molar-refractivity contribution in [3.8, 4) is 11.3 Å². The van der Waals surface area contributed by atoms with Crippen LogP contribution in [0.2, 0.25) is 0 Å². The number of sulfone groups is 1. The molecule has 1 saturated heterocycles. The number of thiazole rings is 1. The number of aromatic nitrogens is 1. The van der Waals surface area contributed by atoms with Gasteiger partial charge in [-0.3, -0.25) is 0 Å². The highest BCUT2D eigenvalue weighted by Crippen LogP contribution is 2.33. The fourth-order valence-corrected chi connectivity index (χ4v) is 6.85. The van der Waals surface area contributed by atoms with Crippen molar-refractivity contribution in [1.29, 1.82) is 0 Å². The lowest BCUT2D eigenvalue weighted by molar-refractivity contribution is 0.529. The maximum Gasteiger partial charge on any atom is 0.185 e. The highest BCUT2D eigenvalue weighted by atomic mass is 32.2. The van der Waals surface area contributed by atoms with E-state index in [1.807, 2.05) is 12.1 Å². The average Bonchev–Trinajstić information content (AvgIpc) is 3.25. The first-order valence-corrected chi connectivity index (χ1v) is 13.6. The lowest BCUT2D eigenvalue weighted by Gasteiger charge is -2.31. The highest BCUT2D eigenvalue weighted by molar-refractivity contribution is 7.92. The summed E-state index contributed by atoms with van der Waals surface area (Å²) < 4.78 is 26.4. The molecule has 4 nitrogen and oxygen atoms in total. The van der Waals surface area contributed by atoms with Gasteiger partial charge in [-0.1, -0.05) is 50.6 Å². The van der Waals surface area contributed by atoms with Gasteiger partial charge < -0.3 is 4.90 Å². The molecule has 0 aliphatic carbocycles. The van der Waals surface area contributed by atoms with Crippen LogP contribution in [0.4, 0.5) is 5.13 Å². The molecule has 0 saturated carbocycles. The molecule has 0 radical (unpaired) electrons. The van der Waals surface area contributed by atoms with Gasteiger partial charge in [0.15, 0.2) is 15.0 Å². The summed E-state index contributed by atoms with van der Waals surface area (Å²) in [5.41, 5.74) is 5.77. The minimum Gasteiger partial charge on any atom is -0.348 e. The minimum atomic E-state index is -3.32. The number of rotatable bonds is 4. The van der Waals surface area contributed by atoms with Crippen LogP contribution in [-0.4, -0.2) is 31.7 Å². The van der Waals surface area contributed by atoms with Crippen LogP contribution in [0.1, 0.15) is 50.3 Å². The van der Waals surface area contributed by atoms with E-state index in [0.717, 1.165) is 16.4 Å². The summed E-state index contributed by atoms with van der Waals surface area (Å²) in [7, 11) is -3.32. The van der Waals surface area contributed by atoms with Crippen molar-refractivity contribution in [2.45, 2.75) is 63.0 Å². The molecule has 3 aromatic rings. The number of hydrogen-bond donors (Lipinski definition) is 0. The number of piperidine rings is 1. The van der Waals surface area contributed by atoms with E-state index < -0.39 is 9.84 Å². The molecule has 1 aromatic heterocycles. The van der Waals surface area contributed by atoms with E-state index in [-0.39, 0.29) is 10.7 Å². The zero-order chi connectivity index (χ0) is 23.1. The van der Waals surface area contributed by atoms with Gasteiger partial charge >= 0.3 is 0 Å². The molecule has 1 aliphatic heterocycles. The number of hydrogen-bond acceptors (Lipinski definition) is 5. The molecule has 1 aliphatic rings. The van der Waals surface area contributed by atoms with Gasteiger partial charge in [0.1, 0.15) is 0 Å². The Bertz CT molecular complexity index is 1200. The third-order valence-corrected chi connectivity index (χ3v) is 9.54. The van der Waals surface area contributed by atoms with Crippen molar-refractivity contribution in [2.75, 3.05) is 18.0 Å². The summed E-state index contributed by atoms with van der Waals surface area (Å²) in [6, 6.07) is 13.9. The van der Waals surface area contributed by atoms with Gasteiger partial charge in [-0.25, -0.2) is 13.4 Å². The molecule has 6 heteroatoms. The van der Waals surface area contributed by atoms with E-state index in [0.29, 0.717) is 30.8 Å². The molecule has 0 N–H and O–H groups in total. The summed E-state index contributed by atoms with van der Waals surface area (Å²) in [4.78, 5) is 7.55. The van der Waals surface area contributed by atoms with Gasteiger partial charge in [0.25, 0.3) is 0 Å². The van der Waals surface area contributed by atoms with Crippen LogP contribution >= 0.6 is 11.3 Å². The van der Waals surface area contributed by atoms with Crippen molar-refractivity contribution in [2.24, 2.45) is 0 Å². The molecule has 0 bridgehead atoms. The third kappa shape index (κ3) is 4.62. The van der Waals surface area contributed by atoms with Crippen LogP contribution in [0, 0.1) is 13.8 Å². The molecule has 170 valence electrons. The zero-order valence-corrected chi connectivity index (χ0v) is 21.2. The SMILES string of the molecule is Cc1ccc(C)c(-c2csc(N3CCC(S(=O)(=O)c4ccc(C(C)(C)C)cc4)CC3)n2)c1. The Morgan fingerprint density at radius 1 is 1.00 bits per heavy atom.